The molecule has 8 heteroatoms. The molecular formula is C27H30N4O4. The number of amides is 1. The highest BCUT2D eigenvalue weighted by molar-refractivity contribution is 6.07. The molecule has 0 N–H and O–H groups in total. The van der Waals surface area contributed by atoms with Crippen LogP contribution in [0.1, 0.15) is 39.6 Å². The van der Waals surface area contributed by atoms with E-state index in [4.69, 9.17) is 13.7 Å². The van der Waals surface area contributed by atoms with Gasteiger partial charge in [0.15, 0.2) is 0 Å². The maximum Gasteiger partial charge on any atom is 0.259 e. The first-order valence-corrected chi connectivity index (χ1v) is 11.9. The molecule has 3 aromatic heterocycles. The lowest BCUT2D eigenvalue weighted by Crippen LogP contribution is -2.35. The Balaban J connectivity index is 1.38. The lowest BCUT2D eigenvalue weighted by Gasteiger charge is -2.22. The highest BCUT2D eigenvalue weighted by atomic mass is 16.5. The van der Waals surface area contributed by atoms with E-state index in [-0.39, 0.29) is 5.91 Å². The minimum atomic E-state index is -0.0193. The summed E-state index contributed by atoms with van der Waals surface area (Å²) in [7, 11) is 1.67. The van der Waals surface area contributed by atoms with E-state index in [1.54, 1.807) is 7.11 Å². The predicted octanol–water partition coefficient (Wildman–Crippen LogP) is 4.76. The van der Waals surface area contributed by atoms with Gasteiger partial charge in [-0.15, -0.1) is 0 Å². The van der Waals surface area contributed by atoms with Crippen molar-refractivity contribution in [3.05, 3.63) is 64.7 Å². The van der Waals surface area contributed by atoms with Gasteiger partial charge in [-0.05, 0) is 57.0 Å². The van der Waals surface area contributed by atoms with Crippen LogP contribution in [0.25, 0.3) is 22.4 Å². The number of hydrogen-bond acceptors (Lipinski definition) is 7. The van der Waals surface area contributed by atoms with Gasteiger partial charge in [-0.3, -0.25) is 9.69 Å². The highest BCUT2D eigenvalue weighted by Crippen LogP contribution is 2.31. The van der Waals surface area contributed by atoms with Crippen LogP contribution in [-0.2, 0) is 6.54 Å². The van der Waals surface area contributed by atoms with Crippen molar-refractivity contribution in [2.45, 2.75) is 33.7 Å². The number of fused-ring (bicyclic) bond motifs is 1. The van der Waals surface area contributed by atoms with Crippen molar-refractivity contribution in [1.82, 2.24) is 19.9 Å². The van der Waals surface area contributed by atoms with E-state index in [9.17, 15) is 4.79 Å². The van der Waals surface area contributed by atoms with Crippen LogP contribution in [0.2, 0.25) is 0 Å². The third kappa shape index (κ3) is 4.66. The maximum atomic E-state index is 13.8. The molecule has 1 saturated heterocycles. The Morgan fingerprint density at radius 1 is 1.06 bits per heavy atom. The molecule has 35 heavy (non-hydrogen) atoms. The number of aryl methyl sites for hydroxylation is 3. The summed E-state index contributed by atoms with van der Waals surface area (Å²) in [6, 6.07) is 11.9. The van der Waals surface area contributed by atoms with Gasteiger partial charge in [-0.25, -0.2) is 4.98 Å². The van der Waals surface area contributed by atoms with Gasteiger partial charge in [0.25, 0.3) is 11.6 Å². The number of ether oxygens (including phenoxy) is 1. The third-order valence-corrected chi connectivity index (χ3v) is 6.61. The largest absolute Gasteiger partial charge is 0.497 e. The SMILES string of the molecule is COc1ccc(CN2CCCN(C(=O)c3cc(-c4cc(C)oc4C)nc4onc(C)c34)CC2)cc1. The van der Waals surface area contributed by atoms with Crippen LogP contribution in [0, 0.1) is 20.8 Å². The molecule has 1 fully saturated rings. The molecule has 1 aliphatic rings. The number of carbonyl (C=O) groups is 1. The average Bonchev–Trinajstić information content (AvgIpc) is 3.30. The first kappa shape index (κ1) is 23.1. The van der Waals surface area contributed by atoms with Gasteiger partial charge in [0.05, 0.1) is 29.4 Å². The van der Waals surface area contributed by atoms with Gasteiger partial charge in [0, 0.05) is 38.3 Å². The highest BCUT2D eigenvalue weighted by Gasteiger charge is 2.26. The second-order valence-electron chi connectivity index (χ2n) is 9.10. The fraction of sp³-hybridized carbons (Fsp3) is 0.370. The summed E-state index contributed by atoms with van der Waals surface area (Å²) in [5.74, 6) is 2.39. The number of pyridine rings is 1. The summed E-state index contributed by atoms with van der Waals surface area (Å²) >= 11 is 0. The Kier molecular flexibility index (Phi) is 6.30. The van der Waals surface area contributed by atoms with Crippen molar-refractivity contribution in [2.75, 3.05) is 33.3 Å². The van der Waals surface area contributed by atoms with E-state index in [1.165, 1.54) is 5.56 Å². The quantitative estimate of drug-likeness (QED) is 0.412. The zero-order valence-corrected chi connectivity index (χ0v) is 20.6. The molecule has 182 valence electrons. The average molecular weight is 475 g/mol. The van der Waals surface area contributed by atoms with Crippen molar-refractivity contribution in [1.29, 1.82) is 0 Å². The minimum absolute atomic E-state index is 0.0193. The molecule has 8 nitrogen and oxygen atoms in total. The maximum absolute atomic E-state index is 13.8. The lowest BCUT2D eigenvalue weighted by molar-refractivity contribution is 0.0763. The Morgan fingerprint density at radius 2 is 1.86 bits per heavy atom. The van der Waals surface area contributed by atoms with Gasteiger partial charge in [-0.2, -0.15) is 0 Å². The number of rotatable bonds is 5. The van der Waals surface area contributed by atoms with Crippen molar-refractivity contribution < 1.29 is 18.5 Å². The zero-order chi connectivity index (χ0) is 24.5. The van der Waals surface area contributed by atoms with Crippen LogP contribution < -0.4 is 4.74 Å². The van der Waals surface area contributed by atoms with Gasteiger partial charge in [0.2, 0.25) is 0 Å². The second kappa shape index (κ2) is 9.54. The molecule has 0 saturated carbocycles. The summed E-state index contributed by atoms with van der Waals surface area (Å²) in [4.78, 5) is 22.8. The lowest BCUT2D eigenvalue weighted by atomic mass is 10.0. The van der Waals surface area contributed by atoms with Crippen molar-refractivity contribution in [2.24, 2.45) is 0 Å². The van der Waals surface area contributed by atoms with Gasteiger partial charge in [0.1, 0.15) is 17.3 Å². The first-order valence-electron chi connectivity index (χ1n) is 11.9. The Morgan fingerprint density at radius 3 is 2.57 bits per heavy atom. The first-order chi connectivity index (χ1) is 16.9. The summed E-state index contributed by atoms with van der Waals surface area (Å²) in [5.41, 5.74) is 4.36. The van der Waals surface area contributed by atoms with Crippen LogP contribution >= 0.6 is 0 Å². The molecular weight excluding hydrogens is 444 g/mol. The fourth-order valence-corrected chi connectivity index (χ4v) is 4.78. The van der Waals surface area contributed by atoms with Gasteiger partial charge >= 0.3 is 0 Å². The Hall–Kier alpha value is -3.65. The van der Waals surface area contributed by atoms with E-state index < -0.39 is 0 Å². The van der Waals surface area contributed by atoms with Crippen LogP contribution in [0.5, 0.6) is 5.75 Å². The molecule has 1 amide bonds. The van der Waals surface area contributed by atoms with Crippen LogP contribution in [0.4, 0.5) is 0 Å². The molecule has 1 aromatic carbocycles. The number of furan rings is 1. The molecule has 0 unspecified atom stereocenters. The van der Waals surface area contributed by atoms with E-state index >= 15 is 0 Å². The number of benzene rings is 1. The molecule has 0 spiro atoms. The number of methoxy groups -OCH3 is 1. The van der Waals surface area contributed by atoms with Crippen molar-refractivity contribution in [3.63, 3.8) is 0 Å². The van der Waals surface area contributed by atoms with E-state index in [0.717, 1.165) is 48.9 Å². The van der Waals surface area contributed by atoms with E-state index in [2.05, 4.69) is 27.2 Å². The molecule has 4 aromatic rings. The smallest absolute Gasteiger partial charge is 0.259 e. The summed E-state index contributed by atoms with van der Waals surface area (Å²) in [6.45, 7) is 9.58. The molecule has 0 aliphatic carbocycles. The molecule has 0 radical (unpaired) electrons. The topological polar surface area (TPSA) is 84.8 Å². The number of aromatic nitrogens is 2. The van der Waals surface area contributed by atoms with Crippen LogP contribution in [-0.4, -0.2) is 59.1 Å². The summed E-state index contributed by atoms with van der Waals surface area (Å²) in [5, 5.41) is 4.76. The summed E-state index contributed by atoms with van der Waals surface area (Å²) in [6.07, 6.45) is 0.908. The van der Waals surface area contributed by atoms with Crippen molar-refractivity contribution >= 4 is 17.0 Å². The number of hydrogen-bond donors (Lipinski definition) is 0. The third-order valence-electron chi connectivity index (χ3n) is 6.61. The summed E-state index contributed by atoms with van der Waals surface area (Å²) < 4.78 is 16.4. The van der Waals surface area contributed by atoms with Gasteiger partial charge < -0.3 is 18.6 Å². The predicted molar refractivity (Wildman–Crippen MR) is 133 cm³/mol. The number of nitrogens with zero attached hydrogens (tertiary/aromatic N) is 4. The van der Waals surface area contributed by atoms with Crippen LogP contribution in [0.3, 0.4) is 0 Å². The van der Waals surface area contributed by atoms with Crippen LogP contribution in [0.15, 0.2) is 45.3 Å². The minimum Gasteiger partial charge on any atom is -0.497 e. The fourth-order valence-electron chi connectivity index (χ4n) is 4.78. The number of carbonyl (C=O) groups excluding carboxylic acids is 1. The second-order valence-corrected chi connectivity index (χ2v) is 9.10. The van der Waals surface area contributed by atoms with E-state index in [0.29, 0.717) is 41.1 Å². The van der Waals surface area contributed by atoms with E-state index in [1.807, 2.05) is 49.9 Å². The molecule has 4 heterocycles. The monoisotopic (exact) mass is 474 g/mol. The molecule has 0 bridgehead atoms. The standard InChI is InChI=1S/C27H30N4O4/c1-17-14-22(19(3)34-17)24-15-23(25-18(2)29-35-26(25)28-24)27(32)31-11-5-10-30(12-13-31)16-20-6-8-21(33-4)9-7-20/h6-9,14-15H,5,10-13,16H2,1-4H3. The van der Waals surface area contributed by atoms with Crippen molar-refractivity contribution in [3.8, 4) is 17.0 Å². The zero-order valence-electron chi connectivity index (χ0n) is 20.6. The molecule has 0 atom stereocenters. The molecule has 5 rings (SSSR count). The normalized spacial score (nSPS) is 14.9. The van der Waals surface area contributed by atoms with Gasteiger partial charge in [-0.1, -0.05) is 17.3 Å². The Bertz CT molecular complexity index is 1360. The Labute approximate surface area is 204 Å². The molecule has 1 aliphatic heterocycles.